The molecule has 0 saturated carbocycles. The number of aryl methyl sites for hydroxylation is 1. The van der Waals surface area contributed by atoms with Crippen LogP contribution < -0.4 is 4.74 Å². The van der Waals surface area contributed by atoms with E-state index in [0.29, 0.717) is 45.2 Å². The first-order valence-electron chi connectivity index (χ1n) is 6.28. The van der Waals surface area contributed by atoms with Gasteiger partial charge in [0.15, 0.2) is 11.6 Å². The summed E-state index contributed by atoms with van der Waals surface area (Å²) in [7, 11) is 1.63. The molecule has 0 aliphatic rings. The lowest BCUT2D eigenvalue weighted by atomic mass is 10.2. The van der Waals surface area contributed by atoms with E-state index in [9.17, 15) is 4.39 Å². The fraction of sp³-hybridized carbons (Fsp3) is 0.571. The van der Waals surface area contributed by atoms with Crippen molar-refractivity contribution in [3.05, 3.63) is 29.6 Å². The third-order valence-corrected chi connectivity index (χ3v) is 2.45. The quantitative estimate of drug-likeness (QED) is 0.612. The minimum atomic E-state index is -0.314. The monoisotopic (exact) mass is 272 g/mol. The molecular weight excluding hydrogens is 251 g/mol. The molecule has 0 atom stereocenters. The number of ether oxygens (including phenoxy) is 4. The second-order valence-corrected chi connectivity index (χ2v) is 3.95. The Morgan fingerprint density at radius 2 is 1.58 bits per heavy atom. The molecule has 0 N–H and O–H groups in total. The maximum Gasteiger partial charge on any atom is 0.167 e. The van der Waals surface area contributed by atoms with Crippen LogP contribution in [0.4, 0.5) is 4.39 Å². The van der Waals surface area contributed by atoms with E-state index in [1.807, 2.05) is 0 Å². The Kier molecular flexibility index (Phi) is 8.13. The molecular formula is C14H21FO4. The van der Waals surface area contributed by atoms with Gasteiger partial charge in [-0.3, -0.25) is 0 Å². The van der Waals surface area contributed by atoms with Crippen LogP contribution in [0.1, 0.15) is 5.56 Å². The lowest BCUT2D eigenvalue weighted by molar-refractivity contribution is 0.0177. The lowest BCUT2D eigenvalue weighted by Crippen LogP contribution is -2.12. The summed E-state index contributed by atoms with van der Waals surface area (Å²) in [6, 6.07) is 5.07. The van der Waals surface area contributed by atoms with Gasteiger partial charge in [-0.25, -0.2) is 4.39 Å². The third kappa shape index (κ3) is 6.52. The first kappa shape index (κ1) is 15.9. The summed E-state index contributed by atoms with van der Waals surface area (Å²) in [6.07, 6.45) is 0. The molecule has 0 radical (unpaired) electrons. The zero-order chi connectivity index (χ0) is 13.9. The highest BCUT2D eigenvalue weighted by Gasteiger charge is 2.04. The van der Waals surface area contributed by atoms with E-state index >= 15 is 0 Å². The van der Waals surface area contributed by atoms with Crippen molar-refractivity contribution < 1.29 is 23.3 Å². The molecule has 0 spiro atoms. The summed E-state index contributed by atoms with van der Waals surface area (Å²) in [5, 5.41) is 0. The molecule has 0 bridgehead atoms. The van der Waals surface area contributed by atoms with Crippen LogP contribution in [-0.2, 0) is 14.2 Å². The molecule has 1 aromatic rings. The summed E-state index contributed by atoms with van der Waals surface area (Å²) in [5.74, 6) is -0.0506. The number of hydrogen-bond donors (Lipinski definition) is 0. The summed E-state index contributed by atoms with van der Waals surface area (Å²) >= 11 is 0. The third-order valence-electron chi connectivity index (χ3n) is 2.45. The zero-order valence-electron chi connectivity index (χ0n) is 11.5. The minimum absolute atomic E-state index is 0.264. The number of rotatable bonds is 10. The second-order valence-electron chi connectivity index (χ2n) is 3.95. The van der Waals surface area contributed by atoms with Gasteiger partial charge in [0.05, 0.1) is 33.0 Å². The van der Waals surface area contributed by atoms with Gasteiger partial charge < -0.3 is 18.9 Å². The fourth-order valence-corrected chi connectivity index (χ4v) is 1.41. The van der Waals surface area contributed by atoms with Crippen molar-refractivity contribution in [2.24, 2.45) is 0 Å². The number of hydrogen-bond acceptors (Lipinski definition) is 4. The topological polar surface area (TPSA) is 36.9 Å². The van der Waals surface area contributed by atoms with Crippen molar-refractivity contribution in [2.45, 2.75) is 6.92 Å². The smallest absolute Gasteiger partial charge is 0.167 e. The van der Waals surface area contributed by atoms with Gasteiger partial charge in [-0.1, -0.05) is 12.1 Å². The average molecular weight is 272 g/mol. The van der Waals surface area contributed by atoms with E-state index in [-0.39, 0.29) is 11.6 Å². The maximum atomic E-state index is 13.6. The zero-order valence-corrected chi connectivity index (χ0v) is 11.5. The van der Waals surface area contributed by atoms with Gasteiger partial charge in [-0.05, 0) is 18.6 Å². The molecule has 0 aromatic heterocycles. The second kappa shape index (κ2) is 9.72. The van der Waals surface area contributed by atoms with Crippen molar-refractivity contribution in [1.82, 2.24) is 0 Å². The average Bonchev–Trinajstić information content (AvgIpc) is 2.41. The molecule has 0 saturated heterocycles. The number of halogens is 1. The standard InChI is InChI=1S/C14H21FO4/c1-12-4-3-5-13(14(12)15)19-11-10-18-9-8-17-7-6-16-2/h3-5H,6-11H2,1-2H3. The first-order chi connectivity index (χ1) is 9.25. The highest BCUT2D eigenvalue weighted by Crippen LogP contribution is 2.19. The number of benzene rings is 1. The molecule has 4 nitrogen and oxygen atoms in total. The Bertz CT molecular complexity index is 357. The largest absolute Gasteiger partial charge is 0.488 e. The predicted molar refractivity (Wildman–Crippen MR) is 70.1 cm³/mol. The maximum absolute atomic E-state index is 13.6. The molecule has 0 aliphatic carbocycles. The van der Waals surface area contributed by atoms with Crippen LogP contribution in [0, 0.1) is 12.7 Å². The van der Waals surface area contributed by atoms with E-state index in [2.05, 4.69) is 0 Å². The van der Waals surface area contributed by atoms with Gasteiger partial charge >= 0.3 is 0 Å². The van der Waals surface area contributed by atoms with Crippen molar-refractivity contribution in [1.29, 1.82) is 0 Å². The van der Waals surface area contributed by atoms with Crippen LogP contribution in [-0.4, -0.2) is 46.8 Å². The van der Waals surface area contributed by atoms with E-state index in [0.717, 1.165) is 0 Å². The Hall–Kier alpha value is -1.17. The van der Waals surface area contributed by atoms with Crippen LogP contribution in [0.15, 0.2) is 18.2 Å². The Labute approximate surface area is 113 Å². The Morgan fingerprint density at radius 3 is 2.26 bits per heavy atom. The normalized spacial score (nSPS) is 10.7. The van der Waals surface area contributed by atoms with Crippen LogP contribution >= 0.6 is 0 Å². The van der Waals surface area contributed by atoms with Gasteiger partial charge in [-0.2, -0.15) is 0 Å². The molecule has 108 valence electrons. The molecule has 0 fully saturated rings. The van der Waals surface area contributed by atoms with Crippen LogP contribution in [0.25, 0.3) is 0 Å². The molecule has 0 unspecified atom stereocenters. The highest BCUT2D eigenvalue weighted by molar-refractivity contribution is 5.29. The molecule has 5 heteroatoms. The highest BCUT2D eigenvalue weighted by atomic mass is 19.1. The Balaban J connectivity index is 2.03. The van der Waals surface area contributed by atoms with E-state index < -0.39 is 0 Å². The van der Waals surface area contributed by atoms with Crippen molar-refractivity contribution >= 4 is 0 Å². The Morgan fingerprint density at radius 1 is 0.947 bits per heavy atom. The fourth-order valence-electron chi connectivity index (χ4n) is 1.41. The SMILES string of the molecule is COCCOCCOCCOc1cccc(C)c1F. The van der Waals surface area contributed by atoms with Crippen molar-refractivity contribution in [3.63, 3.8) is 0 Å². The summed E-state index contributed by atoms with van der Waals surface area (Å²) in [5.41, 5.74) is 0.574. The summed E-state index contributed by atoms with van der Waals surface area (Å²) < 4.78 is 34.2. The van der Waals surface area contributed by atoms with Crippen LogP contribution in [0.2, 0.25) is 0 Å². The molecule has 0 aliphatic heterocycles. The predicted octanol–water partition coefficient (Wildman–Crippen LogP) is 2.19. The lowest BCUT2D eigenvalue weighted by Gasteiger charge is -2.09. The first-order valence-corrected chi connectivity index (χ1v) is 6.28. The van der Waals surface area contributed by atoms with Gasteiger partial charge in [-0.15, -0.1) is 0 Å². The van der Waals surface area contributed by atoms with Crippen molar-refractivity contribution in [2.75, 3.05) is 46.8 Å². The van der Waals surface area contributed by atoms with Gasteiger partial charge in [0.25, 0.3) is 0 Å². The molecule has 0 heterocycles. The van der Waals surface area contributed by atoms with Crippen LogP contribution in [0.5, 0.6) is 5.75 Å². The molecule has 1 rings (SSSR count). The van der Waals surface area contributed by atoms with E-state index in [4.69, 9.17) is 18.9 Å². The van der Waals surface area contributed by atoms with E-state index in [1.54, 1.807) is 32.2 Å². The molecule has 1 aromatic carbocycles. The molecule has 19 heavy (non-hydrogen) atoms. The molecule has 0 amide bonds. The van der Waals surface area contributed by atoms with Gasteiger partial charge in [0.1, 0.15) is 6.61 Å². The van der Waals surface area contributed by atoms with Gasteiger partial charge in [0.2, 0.25) is 0 Å². The van der Waals surface area contributed by atoms with Gasteiger partial charge in [0, 0.05) is 7.11 Å². The van der Waals surface area contributed by atoms with E-state index in [1.165, 1.54) is 0 Å². The van der Waals surface area contributed by atoms with Crippen molar-refractivity contribution in [3.8, 4) is 5.75 Å². The van der Waals surface area contributed by atoms with Crippen LogP contribution in [0.3, 0.4) is 0 Å². The number of methoxy groups -OCH3 is 1. The minimum Gasteiger partial charge on any atom is -0.488 e. The summed E-state index contributed by atoms with van der Waals surface area (Å²) in [6.45, 7) is 4.57. The summed E-state index contributed by atoms with van der Waals surface area (Å²) in [4.78, 5) is 0.